The van der Waals surface area contributed by atoms with Gasteiger partial charge in [-0.2, -0.15) is 0 Å². The number of carboxylic acid groups (broad SMARTS) is 1. The quantitative estimate of drug-likeness (QED) is 0.743. The maximum atomic E-state index is 11.4. The first-order chi connectivity index (χ1) is 7.28. The van der Waals surface area contributed by atoms with E-state index in [4.69, 9.17) is 4.74 Å². The number of amides is 1. The Morgan fingerprint density at radius 3 is 2.38 bits per heavy atom. The van der Waals surface area contributed by atoms with E-state index in [0.29, 0.717) is 19.3 Å². The van der Waals surface area contributed by atoms with Gasteiger partial charge in [-0.05, 0) is 40.0 Å². The molecule has 1 N–H and O–H groups in total. The van der Waals surface area contributed by atoms with Gasteiger partial charge in [0.1, 0.15) is 5.60 Å². The second kappa shape index (κ2) is 4.72. The first kappa shape index (κ1) is 12.8. The zero-order valence-electron chi connectivity index (χ0n) is 9.91. The Bertz CT molecular complexity index is 282. The summed E-state index contributed by atoms with van der Waals surface area (Å²) in [5, 5.41) is 13.3. The van der Waals surface area contributed by atoms with Crippen LogP contribution in [-0.4, -0.2) is 23.7 Å². The molecule has 1 aliphatic carbocycles. The molecule has 0 aromatic carbocycles. The molecule has 0 unspecified atom stereocenters. The minimum absolute atomic E-state index is 0.113. The molecule has 0 heterocycles. The zero-order valence-corrected chi connectivity index (χ0v) is 9.91. The van der Waals surface area contributed by atoms with Crippen LogP contribution in [0.25, 0.3) is 0 Å². The van der Waals surface area contributed by atoms with E-state index in [1.807, 2.05) is 0 Å². The van der Waals surface area contributed by atoms with Crippen molar-refractivity contribution in [3.8, 4) is 0 Å². The summed E-state index contributed by atoms with van der Waals surface area (Å²) in [6.07, 6.45) is 1.17. The molecule has 0 aromatic rings. The minimum atomic E-state index is -1.03. The third-order valence-corrected chi connectivity index (χ3v) is 2.49. The first-order valence-electron chi connectivity index (χ1n) is 5.48. The molecule has 0 aliphatic heterocycles. The average Bonchev–Trinajstić information content (AvgIpc) is 2.48. The number of hydrogen-bond donors (Lipinski definition) is 1. The van der Waals surface area contributed by atoms with Crippen LogP contribution in [-0.2, 0) is 9.53 Å². The third kappa shape index (κ3) is 4.08. The summed E-state index contributed by atoms with van der Waals surface area (Å²) in [6, 6.07) is -0.113. The molecule has 0 spiro atoms. The van der Waals surface area contributed by atoms with Crippen molar-refractivity contribution in [3.63, 3.8) is 0 Å². The fraction of sp³-hybridized carbons (Fsp3) is 0.818. The summed E-state index contributed by atoms with van der Waals surface area (Å²) in [4.78, 5) is 22.0. The van der Waals surface area contributed by atoms with Crippen molar-refractivity contribution in [1.29, 1.82) is 0 Å². The van der Waals surface area contributed by atoms with Crippen molar-refractivity contribution in [2.24, 2.45) is 5.92 Å². The molecule has 0 aromatic heterocycles. The second-order valence-electron chi connectivity index (χ2n) is 5.17. The van der Waals surface area contributed by atoms with Gasteiger partial charge in [0.05, 0.1) is 0 Å². The lowest BCUT2D eigenvalue weighted by Gasteiger charge is -2.21. The van der Waals surface area contributed by atoms with Crippen LogP contribution in [0, 0.1) is 5.92 Å². The molecule has 1 rings (SSSR count). The highest BCUT2D eigenvalue weighted by Crippen LogP contribution is 2.25. The van der Waals surface area contributed by atoms with E-state index in [1.54, 1.807) is 20.8 Å². The molecule has 0 bridgehead atoms. The van der Waals surface area contributed by atoms with Gasteiger partial charge < -0.3 is 20.0 Å². The summed E-state index contributed by atoms with van der Waals surface area (Å²) in [7, 11) is 0. The molecule has 5 nitrogen and oxygen atoms in total. The van der Waals surface area contributed by atoms with Gasteiger partial charge in [0, 0.05) is 17.9 Å². The number of rotatable bonds is 2. The number of carbonyl (C=O) groups is 2. The maximum Gasteiger partial charge on any atom is 0.407 e. The van der Waals surface area contributed by atoms with Crippen molar-refractivity contribution >= 4 is 12.1 Å². The Labute approximate surface area is 95.2 Å². The summed E-state index contributed by atoms with van der Waals surface area (Å²) < 4.78 is 5.08. The van der Waals surface area contributed by atoms with Crippen LogP contribution < -0.4 is 10.4 Å². The highest BCUT2D eigenvalue weighted by atomic mass is 16.6. The molecule has 16 heavy (non-hydrogen) atoms. The van der Waals surface area contributed by atoms with E-state index in [0.717, 1.165) is 0 Å². The molecular weight excluding hydrogens is 210 g/mol. The van der Waals surface area contributed by atoms with Gasteiger partial charge in [-0.3, -0.25) is 0 Å². The number of carbonyl (C=O) groups excluding carboxylic acids is 2. The Hall–Kier alpha value is -1.26. The van der Waals surface area contributed by atoms with E-state index in [9.17, 15) is 14.7 Å². The maximum absolute atomic E-state index is 11.4. The van der Waals surface area contributed by atoms with Crippen LogP contribution in [0.3, 0.4) is 0 Å². The van der Waals surface area contributed by atoms with Gasteiger partial charge in [-0.15, -0.1) is 0 Å². The number of nitrogens with one attached hydrogen (secondary N) is 1. The average molecular weight is 228 g/mol. The Kier molecular flexibility index (Phi) is 3.78. The van der Waals surface area contributed by atoms with Crippen LogP contribution in [0.4, 0.5) is 4.79 Å². The fourth-order valence-electron chi connectivity index (χ4n) is 1.80. The SMILES string of the molecule is CC(C)(C)OC(=O)N[C@H]1CC[C@H](C(=O)[O-])C1. The van der Waals surface area contributed by atoms with E-state index < -0.39 is 23.6 Å². The van der Waals surface area contributed by atoms with Crippen molar-refractivity contribution < 1.29 is 19.4 Å². The van der Waals surface area contributed by atoms with Gasteiger partial charge in [-0.1, -0.05) is 0 Å². The molecule has 1 amide bonds. The Morgan fingerprint density at radius 2 is 1.94 bits per heavy atom. The molecule has 5 heteroatoms. The van der Waals surface area contributed by atoms with Gasteiger partial charge in [-0.25, -0.2) is 4.79 Å². The number of ether oxygens (including phenoxy) is 1. The largest absolute Gasteiger partial charge is 0.550 e. The lowest BCUT2D eigenvalue weighted by molar-refractivity contribution is -0.311. The first-order valence-corrected chi connectivity index (χ1v) is 5.48. The second-order valence-corrected chi connectivity index (χ2v) is 5.17. The van der Waals surface area contributed by atoms with Gasteiger partial charge >= 0.3 is 6.09 Å². The highest BCUT2D eigenvalue weighted by Gasteiger charge is 2.28. The summed E-state index contributed by atoms with van der Waals surface area (Å²) >= 11 is 0. The van der Waals surface area contributed by atoms with Crippen LogP contribution in [0.2, 0.25) is 0 Å². The highest BCUT2D eigenvalue weighted by molar-refractivity contribution is 5.70. The zero-order chi connectivity index (χ0) is 12.3. The minimum Gasteiger partial charge on any atom is -0.550 e. The standard InChI is InChI=1S/C11H19NO4/c1-11(2,3)16-10(15)12-8-5-4-7(6-8)9(13)14/h7-8H,4-6H2,1-3H3,(H,12,15)(H,13,14)/p-1/t7-,8-/m0/s1. The lowest BCUT2D eigenvalue weighted by Crippen LogP contribution is -2.38. The lowest BCUT2D eigenvalue weighted by atomic mass is 10.1. The number of aliphatic carboxylic acids is 1. The van der Waals surface area contributed by atoms with Gasteiger partial charge in [0.15, 0.2) is 0 Å². The molecule has 1 aliphatic rings. The van der Waals surface area contributed by atoms with E-state index in [2.05, 4.69) is 5.32 Å². The van der Waals surface area contributed by atoms with E-state index in [1.165, 1.54) is 0 Å². The number of carboxylic acids is 1. The molecular formula is C11H18NO4-. The molecule has 92 valence electrons. The van der Waals surface area contributed by atoms with E-state index >= 15 is 0 Å². The molecule has 1 saturated carbocycles. The third-order valence-electron chi connectivity index (χ3n) is 2.49. The molecule has 0 radical (unpaired) electrons. The predicted octanol–water partition coefficient (Wildman–Crippen LogP) is 0.430. The summed E-state index contributed by atoms with van der Waals surface area (Å²) in [6.45, 7) is 5.35. The van der Waals surface area contributed by atoms with Gasteiger partial charge in [0.2, 0.25) is 0 Å². The monoisotopic (exact) mass is 228 g/mol. The van der Waals surface area contributed by atoms with Crippen molar-refractivity contribution in [3.05, 3.63) is 0 Å². The molecule has 0 saturated heterocycles. The van der Waals surface area contributed by atoms with E-state index in [-0.39, 0.29) is 6.04 Å². The summed E-state index contributed by atoms with van der Waals surface area (Å²) in [5.74, 6) is -1.48. The van der Waals surface area contributed by atoms with Crippen LogP contribution in [0.15, 0.2) is 0 Å². The van der Waals surface area contributed by atoms with Crippen molar-refractivity contribution in [2.75, 3.05) is 0 Å². The normalized spacial score (nSPS) is 25.2. The van der Waals surface area contributed by atoms with Gasteiger partial charge in [0.25, 0.3) is 0 Å². The number of hydrogen-bond acceptors (Lipinski definition) is 4. The Balaban J connectivity index is 2.34. The topological polar surface area (TPSA) is 78.5 Å². The summed E-state index contributed by atoms with van der Waals surface area (Å²) in [5.41, 5.74) is -0.531. The van der Waals surface area contributed by atoms with Crippen LogP contribution >= 0.6 is 0 Å². The van der Waals surface area contributed by atoms with Crippen LogP contribution in [0.1, 0.15) is 40.0 Å². The Morgan fingerprint density at radius 1 is 1.31 bits per heavy atom. The van der Waals surface area contributed by atoms with Crippen molar-refractivity contribution in [2.45, 2.75) is 51.7 Å². The molecule has 2 atom stereocenters. The van der Waals surface area contributed by atoms with Crippen LogP contribution in [0.5, 0.6) is 0 Å². The smallest absolute Gasteiger partial charge is 0.407 e. The number of alkyl carbamates (subject to hydrolysis) is 1. The fourth-order valence-corrected chi connectivity index (χ4v) is 1.80. The predicted molar refractivity (Wildman–Crippen MR) is 55.5 cm³/mol. The van der Waals surface area contributed by atoms with Crippen molar-refractivity contribution in [1.82, 2.24) is 5.32 Å². The molecule has 1 fully saturated rings.